The summed E-state index contributed by atoms with van der Waals surface area (Å²) >= 11 is 0. The first-order valence-electron chi connectivity index (χ1n) is 9.11. The molecule has 0 saturated carbocycles. The summed E-state index contributed by atoms with van der Waals surface area (Å²) in [4.78, 5) is 36.4. The first kappa shape index (κ1) is 19.8. The lowest BCUT2D eigenvalue weighted by Crippen LogP contribution is -2.14. The molecule has 0 saturated heterocycles. The van der Waals surface area contributed by atoms with E-state index in [0.717, 1.165) is 0 Å². The van der Waals surface area contributed by atoms with Crippen molar-refractivity contribution in [3.63, 3.8) is 0 Å². The van der Waals surface area contributed by atoms with Crippen LogP contribution in [0.2, 0.25) is 0 Å². The maximum atomic E-state index is 13.1. The fraction of sp³-hybridized carbons (Fsp3) is 0. The number of non-ortho nitro benzene ring substituents is 1. The second-order valence-corrected chi connectivity index (χ2v) is 6.69. The van der Waals surface area contributed by atoms with Gasteiger partial charge in [0.05, 0.1) is 21.7 Å². The number of benzene rings is 2. The van der Waals surface area contributed by atoms with E-state index in [1.54, 1.807) is 24.4 Å². The van der Waals surface area contributed by atoms with Crippen molar-refractivity contribution in [2.45, 2.75) is 0 Å². The average Bonchev–Trinajstić information content (AvgIpc) is 3.06. The van der Waals surface area contributed by atoms with Gasteiger partial charge in [0.15, 0.2) is 0 Å². The zero-order valence-electron chi connectivity index (χ0n) is 15.9. The van der Waals surface area contributed by atoms with Crippen LogP contribution in [-0.4, -0.2) is 21.0 Å². The number of halogens is 1. The Kier molecular flexibility index (Phi) is 4.92. The number of aromatic nitrogens is 1. The van der Waals surface area contributed by atoms with Gasteiger partial charge in [-0.1, -0.05) is 6.07 Å². The number of carbonyl (C=O) groups is 2. The molecule has 2 aromatic heterocycles. The number of nitrogens with two attached hydrogens (primary N) is 1. The highest BCUT2D eigenvalue weighted by atomic mass is 19.1. The Morgan fingerprint density at radius 1 is 1.00 bits per heavy atom. The predicted molar refractivity (Wildman–Crippen MR) is 113 cm³/mol. The van der Waals surface area contributed by atoms with Crippen molar-refractivity contribution in [2.24, 2.45) is 0 Å². The molecule has 2 aromatic carbocycles. The van der Waals surface area contributed by atoms with E-state index in [9.17, 15) is 24.1 Å². The minimum absolute atomic E-state index is 0.0332. The first-order valence-corrected chi connectivity index (χ1v) is 9.11. The number of fused-ring (bicyclic) bond motifs is 1. The molecule has 0 unspecified atom stereocenters. The standard InChI is InChI=1S/C22H15FN4O4/c23-14-6-8-15(9-7-14)25-22(29)18-17-3-1-2-12-26(17)20(19(18)24)21(28)13-4-10-16(11-5-13)27(30)31/h1-12H,24H2,(H,25,29). The Balaban J connectivity index is 1.77. The smallest absolute Gasteiger partial charge is 0.269 e. The van der Waals surface area contributed by atoms with Crippen LogP contribution in [0.25, 0.3) is 5.52 Å². The number of nitro benzene ring substituents is 1. The highest BCUT2D eigenvalue weighted by Gasteiger charge is 2.26. The Morgan fingerprint density at radius 3 is 2.32 bits per heavy atom. The molecule has 31 heavy (non-hydrogen) atoms. The number of carbonyl (C=O) groups excluding carboxylic acids is 2. The summed E-state index contributed by atoms with van der Waals surface area (Å²) in [7, 11) is 0. The highest BCUT2D eigenvalue weighted by Crippen LogP contribution is 2.29. The van der Waals surface area contributed by atoms with Gasteiger partial charge in [0.25, 0.3) is 11.6 Å². The van der Waals surface area contributed by atoms with Crippen LogP contribution in [0, 0.1) is 15.9 Å². The Morgan fingerprint density at radius 2 is 1.68 bits per heavy atom. The topological polar surface area (TPSA) is 120 Å². The summed E-state index contributed by atoms with van der Waals surface area (Å²) < 4.78 is 14.6. The third kappa shape index (κ3) is 3.60. The number of ketones is 1. The van der Waals surface area contributed by atoms with Crippen LogP contribution in [0.5, 0.6) is 0 Å². The molecule has 0 aliphatic carbocycles. The monoisotopic (exact) mass is 418 g/mol. The molecule has 2 heterocycles. The van der Waals surface area contributed by atoms with Gasteiger partial charge < -0.3 is 15.5 Å². The minimum atomic E-state index is -0.562. The molecule has 9 heteroatoms. The molecular formula is C22H15FN4O4. The maximum absolute atomic E-state index is 13.1. The fourth-order valence-electron chi connectivity index (χ4n) is 3.30. The molecule has 154 valence electrons. The Labute approximate surface area is 174 Å². The van der Waals surface area contributed by atoms with E-state index in [1.165, 1.54) is 52.9 Å². The molecular weight excluding hydrogens is 403 g/mol. The van der Waals surface area contributed by atoms with Crippen molar-refractivity contribution in [1.29, 1.82) is 0 Å². The van der Waals surface area contributed by atoms with E-state index < -0.39 is 22.4 Å². The van der Waals surface area contributed by atoms with Crippen LogP contribution in [0.1, 0.15) is 26.4 Å². The Hall–Kier alpha value is -4.53. The zero-order chi connectivity index (χ0) is 22.1. The summed E-state index contributed by atoms with van der Waals surface area (Å²) in [5.74, 6) is -1.49. The lowest BCUT2D eigenvalue weighted by Gasteiger charge is -2.05. The summed E-state index contributed by atoms with van der Waals surface area (Å²) in [6.07, 6.45) is 1.60. The minimum Gasteiger partial charge on any atom is -0.396 e. The van der Waals surface area contributed by atoms with E-state index in [2.05, 4.69) is 5.32 Å². The molecule has 4 rings (SSSR count). The van der Waals surface area contributed by atoms with Crippen molar-refractivity contribution in [3.8, 4) is 0 Å². The number of nitro groups is 1. The number of nitrogens with zero attached hydrogens (tertiary/aromatic N) is 2. The molecule has 4 aromatic rings. The SMILES string of the molecule is Nc1c(C(=O)Nc2ccc(F)cc2)c2ccccn2c1C(=O)c1ccc([N+](=O)[O-])cc1. The molecule has 3 N–H and O–H groups in total. The molecule has 0 fully saturated rings. The summed E-state index contributed by atoms with van der Waals surface area (Å²) in [5, 5.41) is 13.5. The van der Waals surface area contributed by atoms with Gasteiger partial charge in [-0.25, -0.2) is 4.39 Å². The molecule has 0 atom stereocenters. The van der Waals surface area contributed by atoms with Gasteiger partial charge in [0.2, 0.25) is 5.78 Å². The molecule has 0 radical (unpaired) electrons. The summed E-state index contributed by atoms with van der Waals surface area (Å²) in [6, 6.07) is 15.4. The van der Waals surface area contributed by atoms with Crippen LogP contribution in [0.3, 0.4) is 0 Å². The zero-order valence-corrected chi connectivity index (χ0v) is 15.9. The van der Waals surface area contributed by atoms with E-state index >= 15 is 0 Å². The second kappa shape index (κ2) is 7.71. The van der Waals surface area contributed by atoms with Gasteiger partial charge in [-0.2, -0.15) is 0 Å². The summed E-state index contributed by atoms with van der Waals surface area (Å²) in [5.41, 5.74) is 7.17. The van der Waals surface area contributed by atoms with Crippen LogP contribution in [-0.2, 0) is 0 Å². The molecule has 0 aliphatic heterocycles. The van der Waals surface area contributed by atoms with Crippen molar-refractivity contribution in [1.82, 2.24) is 4.40 Å². The van der Waals surface area contributed by atoms with Crippen molar-refractivity contribution < 1.29 is 18.9 Å². The normalized spacial score (nSPS) is 10.7. The lowest BCUT2D eigenvalue weighted by molar-refractivity contribution is -0.384. The predicted octanol–water partition coefficient (Wildman–Crippen LogP) is 4.05. The Bertz CT molecular complexity index is 1330. The largest absolute Gasteiger partial charge is 0.396 e. The third-order valence-electron chi connectivity index (χ3n) is 4.77. The quantitative estimate of drug-likeness (QED) is 0.288. The van der Waals surface area contributed by atoms with Crippen LogP contribution < -0.4 is 11.1 Å². The van der Waals surface area contributed by atoms with Gasteiger partial charge in [-0.15, -0.1) is 0 Å². The van der Waals surface area contributed by atoms with Gasteiger partial charge in [0.1, 0.15) is 11.5 Å². The molecule has 0 spiro atoms. The van der Waals surface area contributed by atoms with Gasteiger partial charge in [-0.05, 0) is 48.5 Å². The van der Waals surface area contributed by atoms with Gasteiger partial charge in [-0.3, -0.25) is 19.7 Å². The number of rotatable bonds is 5. The number of pyridine rings is 1. The first-order chi connectivity index (χ1) is 14.9. The highest BCUT2D eigenvalue weighted by molar-refractivity contribution is 6.20. The molecule has 0 bridgehead atoms. The van der Waals surface area contributed by atoms with Gasteiger partial charge in [0, 0.05) is 29.6 Å². The van der Waals surface area contributed by atoms with E-state index in [-0.39, 0.29) is 28.2 Å². The maximum Gasteiger partial charge on any atom is 0.269 e. The van der Waals surface area contributed by atoms with E-state index in [4.69, 9.17) is 5.73 Å². The van der Waals surface area contributed by atoms with E-state index in [0.29, 0.717) is 11.2 Å². The number of nitrogens with one attached hydrogen (secondary N) is 1. The van der Waals surface area contributed by atoms with Crippen LogP contribution in [0.15, 0.2) is 72.9 Å². The number of hydrogen-bond acceptors (Lipinski definition) is 5. The fourth-order valence-corrected chi connectivity index (χ4v) is 3.30. The van der Waals surface area contributed by atoms with E-state index in [1.807, 2.05) is 0 Å². The number of hydrogen-bond donors (Lipinski definition) is 2. The lowest BCUT2D eigenvalue weighted by atomic mass is 10.1. The van der Waals surface area contributed by atoms with Crippen LogP contribution in [0.4, 0.5) is 21.5 Å². The second-order valence-electron chi connectivity index (χ2n) is 6.69. The number of amides is 1. The van der Waals surface area contributed by atoms with Crippen LogP contribution >= 0.6 is 0 Å². The molecule has 0 aliphatic rings. The number of anilines is 2. The third-order valence-corrected chi connectivity index (χ3v) is 4.77. The van der Waals surface area contributed by atoms with Crippen molar-refractivity contribution in [3.05, 3.63) is 106 Å². The summed E-state index contributed by atoms with van der Waals surface area (Å²) in [6.45, 7) is 0. The number of nitrogen functional groups attached to an aromatic ring is 1. The average molecular weight is 418 g/mol. The van der Waals surface area contributed by atoms with Gasteiger partial charge >= 0.3 is 0 Å². The van der Waals surface area contributed by atoms with Crippen molar-refractivity contribution in [2.75, 3.05) is 11.1 Å². The molecule has 1 amide bonds. The van der Waals surface area contributed by atoms with Crippen molar-refractivity contribution >= 4 is 34.3 Å². The molecule has 8 nitrogen and oxygen atoms in total.